The zero-order valence-corrected chi connectivity index (χ0v) is 11.3. The van der Waals surface area contributed by atoms with Crippen molar-refractivity contribution >= 4 is 12.1 Å². The zero-order valence-electron chi connectivity index (χ0n) is 11.3. The molecule has 0 aliphatic rings. The van der Waals surface area contributed by atoms with Crippen molar-refractivity contribution in [1.29, 1.82) is 0 Å². The van der Waals surface area contributed by atoms with Gasteiger partial charge in [-0.3, -0.25) is 4.99 Å². The Labute approximate surface area is 103 Å². The van der Waals surface area contributed by atoms with Crippen LogP contribution >= 0.6 is 0 Å². The van der Waals surface area contributed by atoms with Crippen molar-refractivity contribution in [2.45, 2.75) is 34.1 Å². The maximum absolute atomic E-state index is 13.7. The lowest BCUT2D eigenvalue weighted by molar-refractivity contribution is 0.615. The second kappa shape index (κ2) is 8.62. The summed E-state index contributed by atoms with van der Waals surface area (Å²) in [6.07, 6.45) is 2.54. The minimum atomic E-state index is -0.244. The zero-order chi connectivity index (χ0) is 13.3. The molecule has 0 N–H and O–H groups in total. The van der Waals surface area contributed by atoms with Gasteiger partial charge in [-0.1, -0.05) is 32.9 Å². The topological polar surface area (TPSA) is 24.7 Å². The van der Waals surface area contributed by atoms with Crippen molar-refractivity contribution in [2.75, 3.05) is 7.05 Å². The van der Waals surface area contributed by atoms with E-state index in [-0.39, 0.29) is 5.82 Å². The maximum Gasteiger partial charge on any atom is 0.156 e. The molecule has 0 unspecified atom stereocenters. The fraction of sp³-hybridized carbons (Fsp3) is 0.429. The summed E-state index contributed by atoms with van der Waals surface area (Å²) in [6, 6.07) is 5.23. The molecule has 0 radical (unpaired) electrons. The third-order valence-electron chi connectivity index (χ3n) is 2.04. The van der Waals surface area contributed by atoms with E-state index in [1.807, 2.05) is 20.8 Å². The molecular formula is C14H21FN2. The summed E-state index contributed by atoms with van der Waals surface area (Å²) in [7, 11) is 1.62. The average Bonchev–Trinajstić information content (AvgIpc) is 2.37. The number of hydrogen-bond acceptors (Lipinski definition) is 1. The third-order valence-corrected chi connectivity index (χ3v) is 2.04. The Morgan fingerprint density at radius 2 is 2.00 bits per heavy atom. The molecular weight excluding hydrogens is 215 g/mol. The molecule has 0 fully saturated rings. The second-order valence-corrected chi connectivity index (χ2v) is 3.20. The van der Waals surface area contributed by atoms with Crippen LogP contribution in [0.4, 0.5) is 4.39 Å². The van der Waals surface area contributed by atoms with Crippen molar-refractivity contribution < 1.29 is 4.39 Å². The van der Waals surface area contributed by atoms with Crippen LogP contribution in [0.15, 0.2) is 28.2 Å². The molecule has 1 aromatic carbocycles. The van der Waals surface area contributed by atoms with Crippen LogP contribution in [-0.2, 0) is 0 Å². The van der Waals surface area contributed by atoms with E-state index in [9.17, 15) is 4.39 Å². The lowest BCUT2D eigenvalue weighted by Crippen LogP contribution is -2.02. The summed E-state index contributed by atoms with van der Waals surface area (Å²) >= 11 is 0. The predicted molar refractivity (Wildman–Crippen MR) is 73.7 cm³/mol. The fourth-order valence-corrected chi connectivity index (χ4v) is 1.25. The summed E-state index contributed by atoms with van der Waals surface area (Å²) in [4.78, 5) is 8.09. The number of rotatable bonds is 2. The number of nitrogens with zero attached hydrogens (tertiary/aromatic N) is 2. The lowest BCUT2D eigenvalue weighted by Gasteiger charge is -2.04. The second-order valence-electron chi connectivity index (χ2n) is 3.20. The minimum absolute atomic E-state index is 0.244. The van der Waals surface area contributed by atoms with Crippen molar-refractivity contribution in [3.8, 4) is 0 Å². The molecule has 0 amide bonds. The van der Waals surface area contributed by atoms with Crippen LogP contribution < -0.4 is 0 Å². The molecule has 94 valence electrons. The summed E-state index contributed by atoms with van der Waals surface area (Å²) in [5.74, 6) is 0.199. The molecule has 2 nitrogen and oxygen atoms in total. The van der Waals surface area contributed by atoms with Gasteiger partial charge in [0, 0.05) is 13.3 Å². The minimum Gasteiger partial charge on any atom is -0.270 e. The van der Waals surface area contributed by atoms with E-state index >= 15 is 0 Å². The molecule has 3 heteroatoms. The number of amidine groups is 1. The monoisotopic (exact) mass is 236 g/mol. The molecule has 0 spiro atoms. The Morgan fingerprint density at radius 3 is 2.53 bits per heavy atom. The first-order valence-electron chi connectivity index (χ1n) is 5.95. The first kappa shape index (κ1) is 15.5. The fourth-order valence-electron chi connectivity index (χ4n) is 1.25. The summed E-state index contributed by atoms with van der Waals surface area (Å²) < 4.78 is 13.7. The van der Waals surface area contributed by atoms with Crippen molar-refractivity contribution in [3.63, 3.8) is 0 Å². The van der Waals surface area contributed by atoms with Crippen LogP contribution in [-0.4, -0.2) is 19.1 Å². The van der Waals surface area contributed by atoms with Crippen molar-refractivity contribution in [3.05, 3.63) is 35.1 Å². The van der Waals surface area contributed by atoms with Gasteiger partial charge in [-0.05, 0) is 25.0 Å². The van der Waals surface area contributed by atoms with Gasteiger partial charge in [-0.2, -0.15) is 0 Å². The van der Waals surface area contributed by atoms with Gasteiger partial charge in [-0.15, -0.1) is 0 Å². The number of hydrogen-bond donors (Lipinski definition) is 0. The first-order chi connectivity index (χ1) is 8.20. The van der Waals surface area contributed by atoms with Crippen LogP contribution in [0.2, 0.25) is 0 Å². The molecule has 1 aromatic rings. The quantitative estimate of drug-likeness (QED) is 0.547. The molecule has 0 bridgehead atoms. The van der Waals surface area contributed by atoms with Gasteiger partial charge in [0.1, 0.15) is 5.82 Å². The normalized spacial score (nSPS) is 11.3. The molecule has 0 heterocycles. The lowest BCUT2D eigenvalue weighted by atomic mass is 10.1. The van der Waals surface area contributed by atoms with Gasteiger partial charge in [0.15, 0.2) is 5.84 Å². The standard InChI is InChI=1S/C12H15FN2.C2H6/c1-4-8-15-12(14-3)10-7-5-6-9(2)11(10)13;1-2/h5-8H,4H2,1-3H3;1-2H3. The predicted octanol–water partition coefficient (Wildman–Crippen LogP) is 4.02. The van der Waals surface area contributed by atoms with Gasteiger partial charge < -0.3 is 0 Å². The highest BCUT2D eigenvalue weighted by Gasteiger charge is 2.08. The molecule has 0 saturated carbocycles. The van der Waals surface area contributed by atoms with E-state index in [4.69, 9.17) is 0 Å². The van der Waals surface area contributed by atoms with Crippen LogP contribution in [0, 0.1) is 12.7 Å². The van der Waals surface area contributed by atoms with Crippen molar-refractivity contribution in [2.24, 2.45) is 9.98 Å². The third kappa shape index (κ3) is 4.47. The molecule has 0 aliphatic heterocycles. The highest BCUT2D eigenvalue weighted by molar-refractivity contribution is 6.03. The van der Waals surface area contributed by atoms with Gasteiger partial charge in [-0.25, -0.2) is 9.38 Å². The number of benzene rings is 1. The molecule has 0 aromatic heterocycles. The van der Waals surface area contributed by atoms with Crippen molar-refractivity contribution in [1.82, 2.24) is 0 Å². The van der Waals surface area contributed by atoms with Gasteiger partial charge in [0.05, 0.1) is 5.56 Å². The molecule has 17 heavy (non-hydrogen) atoms. The first-order valence-corrected chi connectivity index (χ1v) is 5.95. The van der Waals surface area contributed by atoms with E-state index in [2.05, 4.69) is 9.98 Å². The Hall–Kier alpha value is -1.51. The summed E-state index contributed by atoms with van der Waals surface area (Å²) in [5.41, 5.74) is 1.07. The highest BCUT2D eigenvalue weighted by Crippen LogP contribution is 2.13. The van der Waals surface area contributed by atoms with Gasteiger partial charge in [0.25, 0.3) is 0 Å². The number of aliphatic imine (C=N–C) groups is 2. The van der Waals surface area contributed by atoms with E-state index in [1.165, 1.54) is 0 Å². The highest BCUT2D eigenvalue weighted by atomic mass is 19.1. The Bertz CT molecular complexity index is 395. The molecule has 0 atom stereocenters. The van der Waals surface area contributed by atoms with E-state index in [1.54, 1.807) is 38.4 Å². The molecule has 0 saturated heterocycles. The Kier molecular flexibility index (Phi) is 7.85. The average molecular weight is 236 g/mol. The van der Waals surface area contributed by atoms with Crippen LogP contribution in [0.5, 0.6) is 0 Å². The molecule has 1 rings (SSSR count). The largest absolute Gasteiger partial charge is 0.270 e. The maximum atomic E-state index is 13.7. The molecule has 0 aliphatic carbocycles. The van der Waals surface area contributed by atoms with Crippen LogP contribution in [0.1, 0.15) is 38.3 Å². The Morgan fingerprint density at radius 1 is 1.35 bits per heavy atom. The SMILES string of the molecule is CC.CCC=NC(=NC)c1cccc(C)c1F. The van der Waals surface area contributed by atoms with E-state index in [0.29, 0.717) is 17.0 Å². The summed E-state index contributed by atoms with van der Waals surface area (Å²) in [6.45, 7) is 7.71. The van der Waals surface area contributed by atoms with Gasteiger partial charge in [0.2, 0.25) is 0 Å². The number of halogens is 1. The van der Waals surface area contributed by atoms with E-state index in [0.717, 1.165) is 6.42 Å². The Balaban J connectivity index is 0.00000121. The number of aryl methyl sites for hydroxylation is 1. The van der Waals surface area contributed by atoms with Gasteiger partial charge >= 0.3 is 0 Å². The van der Waals surface area contributed by atoms with E-state index < -0.39 is 0 Å². The van der Waals surface area contributed by atoms with Crippen LogP contribution in [0.3, 0.4) is 0 Å². The smallest absolute Gasteiger partial charge is 0.156 e. The van der Waals surface area contributed by atoms with Crippen LogP contribution in [0.25, 0.3) is 0 Å². The summed E-state index contributed by atoms with van der Waals surface area (Å²) in [5, 5.41) is 0.